The topological polar surface area (TPSA) is 116 Å². The summed E-state index contributed by atoms with van der Waals surface area (Å²) in [7, 11) is 0. The van der Waals surface area contributed by atoms with Crippen molar-refractivity contribution in [2.45, 2.75) is 45.7 Å². The summed E-state index contributed by atoms with van der Waals surface area (Å²) in [6, 6.07) is 12.2. The normalized spacial score (nSPS) is 14.9. The van der Waals surface area contributed by atoms with E-state index < -0.39 is 6.04 Å². The Labute approximate surface area is 219 Å². The quantitative estimate of drug-likeness (QED) is 0.208. The van der Waals surface area contributed by atoms with Gasteiger partial charge in [-0.05, 0) is 64.0 Å². The molecule has 1 heterocycles. The minimum Gasteiger partial charge on any atom is -0.399 e. The van der Waals surface area contributed by atoms with E-state index in [1.807, 2.05) is 12.1 Å². The molecule has 1 aliphatic carbocycles. The van der Waals surface area contributed by atoms with Crippen molar-refractivity contribution in [3.05, 3.63) is 75.9 Å². The zero-order chi connectivity index (χ0) is 26.0. The lowest BCUT2D eigenvalue weighted by Gasteiger charge is -2.24. The molecule has 1 fully saturated rings. The van der Waals surface area contributed by atoms with Crippen LogP contribution in [-0.2, 0) is 0 Å². The maximum atomic E-state index is 13.7. The molecule has 0 amide bonds. The fourth-order valence-corrected chi connectivity index (χ4v) is 4.44. The van der Waals surface area contributed by atoms with E-state index in [2.05, 4.69) is 58.4 Å². The summed E-state index contributed by atoms with van der Waals surface area (Å²) in [5.74, 6) is 5.84. The van der Waals surface area contributed by atoms with Gasteiger partial charge >= 0.3 is 0 Å². The van der Waals surface area contributed by atoms with Crippen LogP contribution in [0.2, 0.25) is 0 Å². The average Bonchev–Trinajstić information content (AvgIpc) is 3.66. The number of fused-ring (bicyclic) bond motifs is 1. The molecule has 0 bridgehead atoms. The highest BCUT2D eigenvalue weighted by Gasteiger charge is 2.26. The standard InChI is InChI=1S/C27H31BrFN7/c1-27(2,3)15-34-24-17(12-30)13-33-26-21(24)10-19(11-22(26)28)35-25(16-4-6-18(29)7-5-16)23(31)14-36(32)20-8-9-20/h4-7,10-11,13-14,20,25,35H,8-9,15,31-32H2,1-3H3,(H,33,34)/b23-14-. The molecule has 0 aliphatic heterocycles. The third kappa shape index (κ3) is 6.07. The summed E-state index contributed by atoms with van der Waals surface area (Å²) in [5.41, 5.74) is 10.5. The fourth-order valence-electron chi connectivity index (χ4n) is 3.88. The summed E-state index contributed by atoms with van der Waals surface area (Å²) in [4.78, 5) is 4.51. The Morgan fingerprint density at radius 1 is 1.31 bits per heavy atom. The van der Waals surface area contributed by atoms with Gasteiger partial charge in [0, 0.05) is 40.5 Å². The fraction of sp³-hybridized carbons (Fsp3) is 0.333. The molecule has 1 unspecified atom stereocenters. The number of nitrogens with two attached hydrogens (primary N) is 2. The molecule has 1 atom stereocenters. The predicted molar refractivity (Wildman–Crippen MR) is 146 cm³/mol. The van der Waals surface area contributed by atoms with Crippen LogP contribution in [0, 0.1) is 22.6 Å². The van der Waals surface area contributed by atoms with Crippen LogP contribution >= 0.6 is 15.9 Å². The van der Waals surface area contributed by atoms with Crippen LogP contribution in [0.3, 0.4) is 0 Å². The number of aromatic nitrogens is 1. The number of benzene rings is 2. The van der Waals surface area contributed by atoms with E-state index in [0.29, 0.717) is 23.8 Å². The number of halogens is 2. The largest absolute Gasteiger partial charge is 0.399 e. The number of hydrazine groups is 1. The van der Waals surface area contributed by atoms with E-state index in [1.54, 1.807) is 29.5 Å². The van der Waals surface area contributed by atoms with Crippen molar-refractivity contribution in [1.29, 1.82) is 5.26 Å². The van der Waals surface area contributed by atoms with E-state index in [4.69, 9.17) is 11.6 Å². The van der Waals surface area contributed by atoms with Gasteiger partial charge in [-0.25, -0.2) is 10.2 Å². The smallest absolute Gasteiger partial charge is 0.123 e. The number of nitrogens with zero attached hydrogens (tertiary/aromatic N) is 3. The Kier molecular flexibility index (Phi) is 7.38. The van der Waals surface area contributed by atoms with Gasteiger partial charge < -0.3 is 21.4 Å². The summed E-state index contributed by atoms with van der Waals surface area (Å²) in [5, 5.41) is 19.1. The van der Waals surface area contributed by atoms with Crippen molar-refractivity contribution >= 4 is 38.2 Å². The molecule has 188 valence electrons. The van der Waals surface area contributed by atoms with Crippen molar-refractivity contribution in [3.63, 3.8) is 0 Å². The molecule has 4 rings (SSSR count). The molecule has 1 aromatic heterocycles. The second kappa shape index (κ2) is 10.3. The lowest BCUT2D eigenvalue weighted by Crippen LogP contribution is -2.30. The molecule has 7 nitrogen and oxygen atoms in total. The average molecular weight is 552 g/mol. The first-order valence-corrected chi connectivity index (χ1v) is 12.6. The van der Waals surface area contributed by atoms with Gasteiger partial charge in [0.2, 0.25) is 0 Å². The van der Waals surface area contributed by atoms with Crippen molar-refractivity contribution in [2.75, 3.05) is 17.2 Å². The third-order valence-corrected chi connectivity index (χ3v) is 6.56. The monoisotopic (exact) mass is 551 g/mol. The number of pyridine rings is 1. The van der Waals surface area contributed by atoms with Crippen molar-refractivity contribution in [3.8, 4) is 6.07 Å². The van der Waals surface area contributed by atoms with Gasteiger partial charge in [0.05, 0.1) is 28.5 Å². The van der Waals surface area contributed by atoms with Gasteiger partial charge in [0.15, 0.2) is 0 Å². The van der Waals surface area contributed by atoms with Crippen molar-refractivity contribution in [1.82, 2.24) is 9.99 Å². The van der Waals surface area contributed by atoms with Crippen LogP contribution in [0.1, 0.15) is 50.8 Å². The molecule has 1 aliphatic rings. The Balaban J connectivity index is 1.77. The van der Waals surface area contributed by atoms with Gasteiger partial charge in [-0.1, -0.05) is 32.9 Å². The van der Waals surface area contributed by atoms with Crippen LogP contribution in [-0.4, -0.2) is 22.6 Å². The molecule has 1 saturated carbocycles. The van der Waals surface area contributed by atoms with Crippen LogP contribution in [0.4, 0.5) is 15.8 Å². The molecule has 36 heavy (non-hydrogen) atoms. The lowest BCUT2D eigenvalue weighted by atomic mass is 9.96. The number of hydrogen-bond acceptors (Lipinski definition) is 7. The highest BCUT2D eigenvalue weighted by Crippen LogP contribution is 2.36. The maximum absolute atomic E-state index is 13.7. The van der Waals surface area contributed by atoms with E-state index >= 15 is 0 Å². The van der Waals surface area contributed by atoms with Crippen LogP contribution < -0.4 is 22.2 Å². The molecular weight excluding hydrogens is 521 g/mol. The zero-order valence-electron chi connectivity index (χ0n) is 20.6. The number of anilines is 2. The van der Waals surface area contributed by atoms with Crippen LogP contribution in [0.15, 0.2) is 59.0 Å². The molecule has 9 heteroatoms. The number of hydrogen-bond donors (Lipinski definition) is 4. The Hall–Kier alpha value is -3.35. The number of rotatable bonds is 8. The minimum atomic E-state index is -0.460. The Morgan fingerprint density at radius 2 is 2.00 bits per heavy atom. The highest BCUT2D eigenvalue weighted by molar-refractivity contribution is 9.10. The molecule has 2 aromatic carbocycles. The lowest BCUT2D eigenvalue weighted by molar-refractivity contribution is 0.378. The summed E-state index contributed by atoms with van der Waals surface area (Å²) >= 11 is 3.64. The molecular formula is C27H31BrFN7. The van der Waals surface area contributed by atoms with Gasteiger partial charge in [0.1, 0.15) is 11.9 Å². The molecule has 0 radical (unpaired) electrons. The van der Waals surface area contributed by atoms with Gasteiger partial charge in [-0.2, -0.15) is 5.26 Å². The van der Waals surface area contributed by atoms with Crippen molar-refractivity contribution < 1.29 is 4.39 Å². The number of nitrogens with one attached hydrogen (secondary N) is 2. The van der Waals surface area contributed by atoms with Gasteiger partial charge in [-0.15, -0.1) is 0 Å². The van der Waals surface area contributed by atoms with E-state index in [-0.39, 0.29) is 11.2 Å². The van der Waals surface area contributed by atoms with E-state index in [0.717, 1.165) is 45.2 Å². The first-order chi connectivity index (χ1) is 17.1. The Morgan fingerprint density at radius 3 is 2.61 bits per heavy atom. The SMILES string of the molecule is CC(C)(C)CNc1c(C#N)cnc2c(Br)cc(NC(/C(N)=C/N(N)C3CC3)c3ccc(F)cc3)cc12. The maximum Gasteiger partial charge on any atom is 0.123 e. The predicted octanol–water partition coefficient (Wildman–Crippen LogP) is 5.76. The zero-order valence-corrected chi connectivity index (χ0v) is 22.2. The van der Waals surface area contributed by atoms with Crippen LogP contribution in [0.5, 0.6) is 0 Å². The first kappa shape index (κ1) is 25.7. The highest BCUT2D eigenvalue weighted by atomic mass is 79.9. The second-order valence-electron chi connectivity index (χ2n) is 10.4. The van der Waals surface area contributed by atoms with Crippen LogP contribution in [0.25, 0.3) is 10.9 Å². The minimum absolute atomic E-state index is 0.0119. The second-order valence-corrected chi connectivity index (χ2v) is 11.2. The van der Waals surface area contributed by atoms with Crippen molar-refractivity contribution in [2.24, 2.45) is 17.0 Å². The summed E-state index contributed by atoms with van der Waals surface area (Å²) < 4.78 is 14.4. The Bertz CT molecular complexity index is 1320. The molecule has 3 aromatic rings. The van der Waals surface area contributed by atoms with E-state index in [9.17, 15) is 9.65 Å². The summed E-state index contributed by atoms with van der Waals surface area (Å²) in [6.45, 7) is 7.06. The molecule has 0 saturated heterocycles. The molecule has 6 N–H and O–H groups in total. The van der Waals surface area contributed by atoms with Gasteiger partial charge in [-0.3, -0.25) is 4.98 Å². The summed E-state index contributed by atoms with van der Waals surface area (Å²) in [6.07, 6.45) is 5.39. The first-order valence-electron chi connectivity index (χ1n) is 11.8. The number of nitriles is 1. The van der Waals surface area contributed by atoms with Gasteiger partial charge in [0.25, 0.3) is 0 Å². The molecule has 0 spiro atoms. The van der Waals surface area contributed by atoms with E-state index in [1.165, 1.54) is 12.1 Å². The third-order valence-electron chi connectivity index (χ3n) is 5.96.